The molecule has 0 aromatic rings. The summed E-state index contributed by atoms with van der Waals surface area (Å²) < 4.78 is 22.6. The van der Waals surface area contributed by atoms with Crippen molar-refractivity contribution in [2.24, 2.45) is 0 Å². The zero-order chi connectivity index (χ0) is 12.9. The van der Waals surface area contributed by atoms with Gasteiger partial charge in [0.25, 0.3) is 0 Å². The lowest BCUT2D eigenvalue weighted by molar-refractivity contribution is -0.0995. The molecule has 5 heteroatoms. The third-order valence-electron chi connectivity index (χ3n) is 3.71. The zero-order valence-electron chi connectivity index (χ0n) is 10.6. The fraction of sp³-hybridized carbons (Fsp3) is 1.00. The summed E-state index contributed by atoms with van der Waals surface area (Å²) in [5.41, 5.74) is -0.978. The summed E-state index contributed by atoms with van der Waals surface area (Å²) in [6, 6.07) is 0. The first-order chi connectivity index (χ1) is 7.90. The quantitative estimate of drug-likeness (QED) is 0.757. The van der Waals surface area contributed by atoms with Gasteiger partial charge in [-0.2, -0.15) is 0 Å². The molecule has 1 fully saturated rings. The molecule has 1 atom stereocenters. The Hall–Kier alpha value is -0.130. The van der Waals surface area contributed by atoms with Crippen molar-refractivity contribution in [1.82, 2.24) is 0 Å². The molecule has 0 saturated heterocycles. The highest BCUT2D eigenvalue weighted by atomic mass is 32.2. The van der Waals surface area contributed by atoms with Crippen LogP contribution in [0.5, 0.6) is 0 Å². The van der Waals surface area contributed by atoms with Gasteiger partial charge < -0.3 is 10.2 Å². The molecule has 1 aliphatic carbocycles. The Morgan fingerprint density at radius 2 is 1.82 bits per heavy atom. The molecular weight excluding hydrogens is 240 g/mol. The predicted molar refractivity (Wildman–Crippen MR) is 67.6 cm³/mol. The summed E-state index contributed by atoms with van der Waals surface area (Å²) in [5.74, 6) is 0.254. The molecule has 0 bridgehead atoms. The minimum atomic E-state index is -2.96. The van der Waals surface area contributed by atoms with E-state index in [4.69, 9.17) is 0 Å². The first kappa shape index (κ1) is 14.9. The largest absolute Gasteiger partial charge is 0.390 e. The third-order valence-corrected chi connectivity index (χ3v) is 5.50. The first-order valence-corrected chi connectivity index (χ1v) is 8.32. The van der Waals surface area contributed by atoms with Crippen LogP contribution in [0.4, 0.5) is 0 Å². The van der Waals surface area contributed by atoms with Crippen LogP contribution in [0.3, 0.4) is 0 Å². The summed E-state index contributed by atoms with van der Waals surface area (Å²) in [6.07, 6.45) is 4.29. The fourth-order valence-electron chi connectivity index (χ4n) is 2.41. The Labute approximate surface area is 104 Å². The average Bonchev–Trinajstić information content (AvgIpc) is 2.29. The molecular formula is C12H24O4S. The molecule has 4 nitrogen and oxygen atoms in total. The van der Waals surface area contributed by atoms with E-state index in [1.807, 2.05) is 0 Å². The highest BCUT2D eigenvalue weighted by molar-refractivity contribution is 7.91. The van der Waals surface area contributed by atoms with Gasteiger partial charge in [-0.1, -0.05) is 26.2 Å². The van der Waals surface area contributed by atoms with Crippen LogP contribution in [0, 0.1) is 0 Å². The van der Waals surface area contributed by atoms with Crippen molar-refractivity contribution < 1.29 is 18.6 Å². The van der Waals surface area contributed by atoms with E-state index in [1.165, 1.54) is 0 Å². The van der Waals surface area contributed by atoms with E-state index in [2.05, 4.69) is 0 Å². The van der Waals surface area contributed by atoms with Gasteiger partial charge in [-0.15, -0.1) is 0 Å². The molecule has 0 aliphatic heterocycles. The molecule has 17 heavy (non-hydrogen) atoms. The van der Waals surface area contributed by atoms with Crippen LogP contribution >= 0.6 is 0 Å². The number of rotatable bonds is 6. The maximum Gasteiger partial charge on any atom is 0.150 e. The average molecular weight is 264 g/mol. The molecule has 2 N–H and O–H groups in total. The van der Waals surface area contributed by atoms with E-state index < -0.39 is 21.5 Å². The van der Waals surface area contributed by atoms with Gasteiger partial charge >= 0.3 is 0 Å². The Kier molecular flexibility index (Phi) is 5.41. The van der Waals surface area contributed by atoms with E-state index in [-0.39, 0.29) is 11.5 Å². The summed E-state index contributed by atoms with van der Waals surface area (Å²) in [7, 11) is -2.96. The molecule has 102 valence electrons. The Morgan fingerprint density at radius 3 is 2.35 bits per heavy atom. The van der Waals surface area contributed by atoms with Crippen molar-refractivity contribution in [1.29, 1.82) is 0 Å². The van der Waals surface area contributed by atoms with Crippen molar-refractivity contribution in [2.75, 3.05) is 11.5 Å². The van der Waals surface area contributed by atoms with Crippen molar-refractivity contribution in [3.8, 4) is 0 Å². The number of aliphatic hydroxyl groups excluding tert-OH is 1. The smallest absolute Gasteiger partial charge is 0.150 e. The van der Waals surface area contributed by atoms with Crippen molar-refractivity contribution in [3.05, 3.63) is 0 Å². The Balaban J connectivity index is 2.36. The second-order valence-electron chi connectivity index (χ2n) is 5.06. The van der Waals surface area contributed by atoms with Crippen LogP contribution in [-0.4, -0.2) is 41.8 Å². The summed E-state index contributed by atoms with van der Waals surface area (Å²) in [4.78, 5) is 0. The SMILES string of the molecule is CCS(=O)(=O)CCCC(O)C1(O)CCCCC1. The molecule has 0 heterocycles. The lowest BCUT2D eigenvalue weighted by Gasteiger charge is -2.36. The minimum Gasteiger partial charge on any atom is -0.390 e. The van der Waals surface area contributed by atoms with Gasteiger partial charge in [0.1, 0.15) is 9.84 Å². The van der Waals surface area contributed by atoms with Crippen LogP contribution in [-0.2, 0) is 9.84 Å². The first-order valence-electron chi connectivity index (χ1n) is 6.50. The van der Waals surface area contributed by atoms with Crippen LogP contribution in [0.25, 0.3) is 0 Å². The van der Waals surface area contributed by atoms with Gasteiger partial charge in [0.15, 0.2) is 0 Å². The standard InChI is InChI=1S/C12H24O4S/c1-2-17(15,16)10-6-7-11(13)12(14)8-4-3-5-9-12/h11,13-14H,2-10H2,1H3. The topological polar surface area (TPSA) is 74.6 Å². The van der Waals surface area contributed by atoms with E-state index in [0.717, 1.165) is 19.3 Å². The number of hydrogen-bond acceptors (Lipinski definition) is 4. The third kappa shape index (κ3) is 4.56. The van der Waals surface area contributed by atoms with Gasteiger partial charge in [0.05, 0.1) is 17.5 Å². The molecule has 0 radical (unpaired) electrons. The van der Waals surface area contributed by atoms with E-state index in [1.54, 1.807) is 6.92 Å². The minimum absolute atomic E-state index is 0.108. The van der Waals surface area contributed by atoms with Crippen molar-refractivity contribution in [3.63, 3.8) is 0 Å². The molecule has 1 saturated carbocycles. The van der Waals surface area contributed by atoms with Gasteiger partial charge in [0, 0.05) is 5.75 Å². The second-order valence-corrected chi connectivity index (χ2v) is 7.53. The van der Waals surface area contributed by atoms with Crippen molar-refractivity contribution >= 4 is 9.84 Å². The monoisotopic (exact) mass is 264 g/mol. The molecule has 1 rings (SSSR count). The molecule has 1 aliphatic rings. The van der Waals surface area contributed by atoms with Gasteiger partial charge in [-0.05, 0) is 25.7 Å². The highest BCUT2D eigenvalue weighted by Gasteiger charge is 2.36. The summed E-state index contributed by atoms with van der Waals surface area (Å²) in [5, 5.41) is 20.2. The summed E-state index contributed by atoms with van der Waals surface area (Å²) >= 11 is 0. The number of sulfone groups is 1. The molecule has 0 spiro atoms. The van der Waals surface area contributed by atoms with Crippen LogP contribution in [0.2, 0.25) is 0 Å². The maximum absolute atomic E-state index is 11.3. The number of hydrogen-bond donors (Lipinski definition) is 2. The molecule has 0 aromatic carbocycles. The van der Waals surface area contributed by atoms with Gasteiger partial charge in [-0.25, -0.2) is 8.42 Å². The van der Waals surface area contributed by atoms with Crippen molar-refractivity contribution in [2.45, 2.75) is 63.6 Å². The zero-order valence-corrected chi connectivity index (χ0v) is 11.4. The second kappa shape index (κ2) is 6.16. The molecule has 0 aromatic heterocycles. The Morgan fingerprint density at radius 1 is 1.24 bits per heavy atom. The summed E-state index contributed by atoms with van der Waals surface area (Å²) in [6.45, 7) is 1.63. The van der Waals surface area contributed by atoms with E-state index in [0.29, 0.717) is 25.7 Å². The van der Waals surface area contributed by atoms with Gasteiger partial charge in [0.2, 0.25) is 0 Å². The lowest BCUT2D eigenvalue weighted by atomic mass is 9.79. The van der Waals surface area contributed by atoms with Crippen LogP contribution in [0.15, 0.2) is 0 Å². The fourth-order valence-corrected chi connectivity index (χ4v) is 3.30. The van der Waals surface area contributed by atoms with Crippen LogP contribution in [0.1, 0.15) is 51.9 Å². The van der Waals surface area contributed by atoms with Crippen LogP contribution < -0.4 is 0 Å². The van der Waals surface area contributed by atoms with E-state index >= 15 is 0 Å². The number of aliphatic hydroxyl groups is 2. The van der Waals surface area contributed by atoms with E-state index in [9.17, 15) is 18.6 Å². The predicted octanol–water partition coefficient (Wildman–Crippen LogP) is 1.26. The van der Waals surface area contributed by atoms with Gasteiger partial charge in [-0.3, -0.25) is 0 Å². The maximum atomic E-state index is 11.3. The normalized spacial score (nSPS) is 22.3. The lowest BCUT2D eigenvalue weighted by Crippen LogP contribution is -2.44. The molecule has 1 unspecified atom stereocenters. The highest BCUT2D eigenvalue weighted by Crippen LogP contribution is 2.32. The molecule has 0 amide bonds. The Bertz CT molecular complexity index is 317.